The molecule has 0 aliphatic carbocycles. The van der Waals surface area contributed by atoms with Crippen molar-refractivity contribution in [3.63, 3.8) is 0 Å². The van der Waals surface area contributed by atoms with E-state index in [4.69, 9.17) is 25.2 Å². The summed E-state index contributed by atoms with van der Waals surface area (Å²) < 4.78 is 51.1. The number of aromatic nitrogens is 2. The van der Waals surface area contributed by atoms with Crippen LogP contribution in [0.25, 0.3) is 0 Å². The third-order valence-electron chi connectivity index (χ3n) is 3.94. The van der Waals surface area contributed by atoms with Gasteiger partial charge in [-0.1, -0.05) is 6.08 Å². The van der Waals surface area contributed by atoms with Crippen molar-refractivity contribution in [1.29, 1.82) is 0 Å². The van der Waals surface area contributed by atoms with Crippen molar-refractivity contribution in [2.75, 3.05) is 6.61 Å². The number of aliphatic hydroxyl groups excluding tert-OH is 2. The number of hydrogen-bond donors (Lipinski definition) is 8. The lowest BCUT2D eigenvalue weighted by molar-refractivity contribution is -0.0543. The summed E-state index contributed by atoms with van der Waals surface area (Å²) in [6.45, 7) is -1.07. The molecule has 18 nitrogen and oxygen atoms in total. The van der Waals surface area contributed by atoms with Gasteiger partial charge in [0.2, 0.25) is 0 Å². The predicted octanol–water partition coefficient (Wildman–Crippen LogP) is -2.49. The summed E-state index contributed by atoms with van der Waals surface area (Å²) in [5.74, 6) is 0. The molecule has 2 heterocycles. The molecular formula is C12H20N3O15P3. The molecule has 0 aromatic carbocycles. The Morgan fingerprint density at radius 2 is 1.73 bits per heavy atom. The van der Waals surface area contributed by atoms with Gasteiger partial charge in [0, 0.05) is 11.8 Å². The summed E-state index contributed by atoms with van der Waals surface area (Å²) >= 11 is 0. The van der Waals surface area contributed by atoms with Crippen LogP contribution in [0.15, 0.2) is 28.1 Å². The molecule has 0 saturated carbocycles. The number of nitrogens with two attached hydrogens (primary N) is 1. The van der Waals surface area contributed by atoms with E-state index in [2.05, 4.69) is 13.1 Å². The highest BCUT2D eigenvalue weighted by Crippen LogP contribution is 2.66. The normalized spacial score (nSPS) is 27.5. The summed E-state index contributed by atoms with van der Waals surface area (Å²) in [5.41, 5.74) is 3.48. The van der Waals surface area contributed by atoms with Crippen molar-refractivity contribution in [2.45, 2.75) is 31.0 Å². The van der Waals surface area contributed by atoms with Gasteiger partial charge in [-0.2, -0.15) is 8.62 Å². The summed E-state index contributed by atoms with van der Waals surface area (Å²) in [5, 5.41) is 20.3. The monoisotopic (exact) mass is 539 g/mol. The van der Waals surface area contributed by atoms with Crippen LogP contribution in [0.3, 0.4) is 0 Å². The summed E-state index contributed by atoms with van der Waals surface area (Å²) in [7, 11) is -16.9. The number of phosphoric ester groups is 1. The van der Waals surface area contributed by atoms with Gasteiger partial charge in [-0.05, 0) is 12.6 Å². The lowest BCUT2D eigenvalue weighted by Crippen LogP contribution is -2.38. The maximum absolute atomic E-state index is 12.1. The Morgan fingerprint density at radius 1 is 1.09 bits per heavy atom. The third-order valence-corrected chi connectivity index (χ3v) is 7.75. The zero-order valence-corrected chi connectivity index (χ0v) is 18.9. The quantitative estimate of drug-likeness (QED) is 0.143. The first kappa shape index (κ1) is 27.8. The highest BCUT2D eigenvalue weighted by atomic mass is 31.3. The van der Waals surface area contributed by atoms with E-state index in [0.717, 1.165) is 17.0 Å². The molecule has 6 atom stereocenters. The van der Waals surface area contributed by atoms with Crippen LogP contribution in [0.5, 0.6) is 0 Å². The maximum Gasteiger partial charge on any atom is 0.490 e. The molecule has 1 aromatic heterocycles. The summed E-state index contributed by atoms with van der Waals surface area (Å²) in [4.78, 5) is 61.5. The smallest absolute Gasteiger partial charge is 0.405 e. The predicted molar refractivity (Wildman–Crippen MR) is 104 cm³/mol. The van der Waals surface area contributed by atoms with Crippen LogP contribution in [0, 0.1) is 0 Å². The van der Waals surface area contributed by atoms with Crippen molar-refractivity contribution in [3.8, 4) is 0 Å². The second-order valence-electron chi connectivity index (χ2n) is 6.39. The Kier molecular flexibility index (Phi) is 8.76. The molecule has 188 valence electrons. The highest BCUT2D eigenvalue weighted by molar-refractivity contribution is 7.66. The lowest BCUT2D eigenvalue weighted by atomic mass is 10.1. The van der Waals surface area contributed by atoms with E-state index in [1.165, 1.54) is 6.08 Å². The molecule has 33 heavy (non-hydrogen) atoms. The summed E-state index contributed by atoms with van der Waals surface area (Å²) in [6.07, 6.45) is -3.25. The molecular weight excluding hydrogens is 519 g/mol. The molecule has 0 amide bonds. The number of aromatic amines is 1. The molecule has 0 spiro atoms. The van der Waals surface area contributed by atoms with Gasteiger partial charge in [0.1, 0.15) is 18.3 Å². The summed E-state index contributed by atoms with van der Waals surface area (Å²) in [6, 6.07) is 0. The van der Waals surface area contributed by atoms with Crippen LogP contribution < -0.4 is 17.0 Å². The second kappa shape index (κ2) is 10.4. The zero-order chi connectivity index (χ0) is 25.2. The van der Waals surface area contributed by atoms with Gasteiger partial charge >= 0.3 is 29.2 Å². The zero-order valence-electron chi connectivity index (χ0n) is 16.2. The van der Waals surface area contributed by atoms with Gasteiger partial charge in [-0.25, -0.2) is 18.5 Å². The topological polar surface area (TPSA) is 290 Å². The number of nitrogens with one attached hydrogen (secondary N) is 1. The van der Waals surface area contributed by atoms with Crippen molar-refractivity contribution in [3.05, 3.63) is 44.9 Å². The standard InChI is InChI=1S/C12H20N3O15P3/c13-3-1-2-6-4-15(12(19)14-10(6)18)11-9(17)8(16)7(28-11)5-27-32(23,24)30-33(25,26)29-31(20,21)22/h1,3-4,7-9,11,16-17H,2,5,13H2,(H,23,24)(H,25,26)(H,14,18,19)(H2,20,21,22)/t7-,8-,9-,11-/m1/s1. The average molecular weight is 539 g/mol. The van der Waals surface area contributed by atoms with Gasteiger partial charge in [0.05, 0.1) is 6.61 Å². The number of H-pyrrole nitrogens is 1. The first-order valence-electron chi connectivity index (χ1n) is 8.56. The molecule has 1 aliphatic rings. The van der Waals surface area contributed by atoms with Crippen molar-refractivity contribution in [1.82, 2.24) is 9.55 Å². The van der Waals surface area contributed by atoms with Crippen LogP contribution in [0.1, 0.15) is 11.8 Å². The van der Waals surface area contributed by atoms with E-state index >= 15 is 0 Å². The number of rotatable bonds is 10. The molecule has 0 radical (unpaired) electrons. The van der Waals surface area contributed by atoms with Crippen molar-refractivity contribution in [2.24, 2.45) is 5.73 Å². The van der Waals surface area contributed by atoms with Gasteiger partial charge in [-0.3, -0.25) is 18.9 Å². The van der Waals surface area contributed by atoms with E-state index in [9.17, 15) is 38.4 Å². The number of allylic oxidation sites excluding steroid dienone is 1. The van der Waals surface area contributed by atoms with Gasteiger partial charge < -0.3 is 40.3 Å². The fourth-order valence-corrected chi connectivity index (χ4v) is 5.65. The molecule has 21 heteroatoms. The van der Waals surface area contributed by atoms with Gasteiger partial charge in [0.25, 0.3) is 5.56 Å². The fourth-order valence-electron chi connectivity index (χ4n) is 2.62. The number of nitrogens with zero attached hydrogens (tertiary/aromatic N) is 1. The van der Waals surface area contributed by atoms with Crippen LogP contribution in [0.4, 0.5) is 0 Å². The Bertz CT molecular complexity index is 1140. The largest absolute Gasteiger partial charge is 0.490 e. The SMILES string of the molecule is NC=CCc1cn([C@@H]2O[C@H](COP(=O)(O)OP(=O)(O)OP(=O)(O)O)[C@@H](O)[C@H]2O)c(=O)[nH]c1=O. The molecule has 9 N–H and O–H groups in total. The fraction of sp³-hybridized carbons (Fsp3) is 0.500. The van der Waals surface area contributed by atoms with E-state index in [0.29, 0.717) is 0 Å². The maximum atomic E-state index is 12.1. The van der Waals surface area contributed by atoms with E-state index in [-0.39, 0.29) is 12.0 Å². The van der Waals surface area contributed by atoms with Crippen LogP contribution >= 0.6 is 23.5 Å². The van der Waals surface area contributed by atoms with Gasteiger partial charge in [0.15, 0.2) is 6.23 Å². The Balaban J connectivity index is 2.14. The minimum Gasteiger partial charge on any atom is -0.405 e. The first-order valence-corrected chi connectivity index (χ1v) is 13.1. The van der Waals surface area contributed by atoms with Crippen LogP contribution in [-0.4, -0.2) is 64.3 Å². The van der Waals surface area contributed by atoms with Crippen LogP contribution in [0.2, 0.25) is 0 Å². The molecule has 2 rings (SSSR count). The van der Waals surface area contributed by atoms with E-state index in [1.54, 1.807) is 0 Å². The minimum absolute atomic E-state index is 0.00690. The Hall–Kier alpha value is -1.49. The van der Waals surface area contributed by atoms with E-state index in [1.807, 2.05) is 4.98 Å². The molecule has 1 aromatic rings. The Labute approximate surface area is 183 Å². The number of hydrogen-bond acceptors (Lipinski definition) is 12. The van der Waals surface area contributed by atoms with E-state index < -0.39 is 65.9 Å². The van der Waals surface area contributed by atoms with Crippen LogP contribution in [-0.2, 0) is 38.0 Å². The van der Waals surface area contributed by atoms with Crippen molar-refractivity contribution < 1.29 is 61.4 Å². The number of phosphoric acid groups is 3. The van der Waals surface area contributed by atoms with Crippen molar-refractivity contribution >= 4 is 23.5 Å². The van der Waals surface area contributed by atoms with Gasteiger partial charge in [-0.15, -0.1) is 0 Å². The number of aliphatic hydroxyl groups is 2. The second-order valence-corrected chi connectivity index (χ2v) is 10.8. The average Bonchev–Trinajstić information content (AvgIpc) is 2.91. The molecule has 2 unspecified atom stereocenters. The molecule has 0 bridgehead atoms. The minimum atomic E-state index is -5.76. The number of ether oxygens (including phenoxy) is 1. The molecule has 1 saturated heterocycles. The lowest BCUT2D eigenvalue weighted by Gasteiger charge is -2.19. The molecule has 1 aliphatic heterocycles. The first-order chi connectivity index (χ1) is 15.1. The Morgan fingerprint density at radius 3 is 2.30 bits per heavy atom. The third kappa shape index (κ3) is 7.77. The molecule has 1 fully saturated rings. The highest BCUT2D eigenvalue weighted by Gasteiger charge is 2.46.